The van der Waals surface area contributed by atoms with Crippen LogP contribution < -0.4 is 23.8 Å². The van der Waals surface area contributed by atoms with E-state index >= 15 is 0 Å². The molecule has 0 unspecified atom stereocenters. The molecule has 0 atom stereocenters. The van der Waals surface area contributed by atoms with Crippen molar-refractivity contribution in [3.8, 4) is 0 Å². The Labute approximate surface area is 89.3 Å². The van der Waals surface area contributed by atoms with E-state index in [0.29, 0.717) is 0 Å². The molecule has 0 heterocycles. The summed E-state index contributed by atoms with van der Waals surface area (Å²) in [6, 6.07) is 10.4. The van der Waals surface area contributed by atoms with Crippen molar-refractivity contribution in [3.63, 3.8) is 0 Å². The second-order valence-corrected chi connectivity index (χ2v) is 8.49. The van der Waals surface area contributed by atoms with E-state index in [1.54, 1.807) is 0 Å². The first-order valence-corrected chi connectivity index (χ1v) is 7.41. The van der Waals surface area contributed by atoms with E-state index in [1.807, 2.05) is 6.07 Å². The normalized spacial score (nSPS) is 10.2. The van der Waals surface area contributed by atoms with E-state index in [9.17, 15) is 0 Å². The maximum absolute atomic E-state index is 3.52. The Bertz CT molecular complexity index is 223. The number of nitrogens with one attached hydrogen (secondary N) is 1. The van der Waals surface area contributed by atoms with Gasteiger partial charge < -0.3 is 6.41 Å². The van der Waals surface area contributed by atoms with Crippen molar-refractivity contribution in [1.29, 1.82) is 0 Å². The number of rotatable bonds is 2. The average molecular weight is 173 g/mol. The molecule has 1 N–H and O–H groups in total. The minimum atomic E-state index is -1.15. The van der Waals surface area contributed by atoms with Crippen LogP contribution in [0.25, 0.3) is 0 Å². The maximum atomic E-state index is 3.52. The Kier molecular flexibility index (Phi) is 4.70. The van der Waals surface area contributed by atoms with Crippen molar-refractivity contribution < 1.29 is 20.3 Å². The first kappa shape index (κ1) is 11.8. The molecule has 0 fully saturated rings. The van der Waals surface area contributed by atoms with Crippen LogP contribution in [0.3, 0.4) is 0 Å². The summed E-state index contributed by atoms with van der Waals surface area (Å²) >= 11 is 0. The van der Waals surface area contributed by atoms with Crippen LogP contribution in [0.15, 0.2) is 30.3 Å². The Hall–Kier alpha value is -0.166. The van der Waals surface area contributed by atoms with Gasteiger partial charge in [0.05, 0.1) is 0 Å². The van der Waals surface area contributed by atoms with Crippen LogP contribution in [0, 0.1) is 0 Å². The van der Waals surface area contributed by atoms with E-state index in [0.717, 1.165) is 0 Å². The fourth-order valence-electron chi connectivity index (χ4n) is 0.954. The van der Waals surface area contributed by atoms with Crippen molar-refractivity contribution in [1.82, 2.24) is 0 Å². The zero-order valence-corrected chi connectivity index (χ0v) is 9.39. The van der Waals surface area contributed by atoms with Gasteiger partial charge >= 0.3 is 18.9 Å². The van der Waals surface area contributed by atoms with E-state index in [-0.39, 0.29) is 20.3 Å². The maximum Gasteiger partial charge on any atom is 1.00 e. The van der Waals surface area contributed by atoms with Crippen LogP contribution >= 0.6 is 0 Å². The largest absolute Gasteiger partial charge is 1.00 e. The third-order valence-corrected chi connectivity index (χ3v) is 2.33. The van der Waals surface area contributed by atoms with Crippen molar-refractivity contribution in [3.05, 3.63) is 30.3 Å². The van der Waals surface area contributed by atoms with Gasteiger partial charge in [0.2, 0.25) is 0 Å². The number of para-hydroxylation sites is 1. The SMILES string of the molecule is C[Si](C)(C)Nc1ccccc1.[H-].[Li+]. The quantitative estimate of drug-likeness (QED) is 0.623. The number of anilines is 1. The zero-order valence-electron chi connectivity index (χ0n) is 9.39. The topological polar surface area (TPSA) is 12.0 Å². The summed E-state index contributed by atoms with van der Waals surface area (Å²) < 4.78 is 0. The van der Waals surface area contributed by atoms with Gasteiger partial charge in [-0.25, -0.2) is 0 Å². The third kappa shape index (κ3) is 4.66. The predicted molar refractivity (Wildman–Crippen MR) is 54.5 cm³/mol. The minimum Gasteiger partial charge on any atom is -1.00 e. The molecule has 1 aromatic rings. The Balaban J connectivity index is 0. The van der Waals surface area contributed by atoms with Gasteiger partial charge in [-0.1, -0.05) is 37.8 Å². The molecule has 1 rings (SSSR count). The minimum absolute atomic E-state index is 0. The standard InChI is InChI=1S/C9H15NSi.Li.H/c1-11(2,3)10-9-7-5-4-6-8-9;;/h4-8,10H,1-3H3;;/q;+1;-1. The van der Waals surface area contributed by atoms with Gasteiger partial charge in [-0.2, -0.15) is 0 Å². The molecule has 1 aromatic carbocycles. The summed E-state index contributed by atoms with van der Waals surface area (Å²) in [5.41, 5.74) is 1.24. The second-order valence-electron chi connectivity index (χ2n) is 3.74. The Morgan fingerprint density at radius 2 is 1.58 bits per heavy atom. The van der Waals surface area contributed by atoms with Crippen molar-refractivity contribution in [2.24, 2.45) is 0 Å². The first-order valence-electron chi connectivity index (χ1n) is 3.91. The molecule has 1 nitrogen and oxygen atoms in total. The molecular formula is C9H16LiNSi. The van der Waals surface area contributed by atoms with Gasteiger partial charge in [0.25, 0.3) is 0 Å². The van der Waals surface area contributed by atoms with E-state index < -0.39 is 8.24 Å². The summed E-state index contributed by atoms with van der Waals surface area (Å²) in [7, 11) is -1.15. The van der Waals surface area contributed by atoms with Crippen molar-refractivity contribution in [2.45, 2.75) is 19.6 Å². The molecule has 0 saturated carbocycles. The number of hydrogen-bond donors (Lipinski definition) is 1. The molecule has 62 valence electrons. The summed E-state index contributed by atoms with van der Waals surface area (Å²) in [5, 5.41) is 0. The van der Waals surface area contributed by atoms with E-state index in [1.165, 1.54) is 5.69 Å². The second kappa shape index (κ2) is 4.76. The molecule has 0 radical (unpaired) electrons. The van der Waals surface area contributed by atoms with Crippen molar-refractivity contribution >= 4 is 13.9 Å². The summed E-state index contributed by atoms with van der Waals surface area (Å²) in [6.07, 6.45) is 0. The molecule has 0 aliphatic carbocycles. The number of benzene rings is 1. The monoisotopic (exact) mass is 173 g/mol. The average Bonchev–Trinajstić information content (AvgIpc) is 1.85. The Morgan fingerprint density at radius 3 is 2.00 bits per heavy atom. The molecule has 0 aliphatic rings. The third-order valence-electron chi connectivity index (χ3n) is 1.29. The predicted octanol–water partition coefficient (Wildman–Crippen LogP) is 0.0499. The van der Waals surface area contributed by atoms with Crippen LogP contribution in [0.2, 0.25) is 19.6 Å². The Morgan fingerprint density at radius 1 is 1.08 bits per heavy atom. The van der Waals surface area contributed by atoms with Crippen molar-refractivity contribution in [2.75, 3.05) is 4.98 Å². The van der Waals surface area contributed by atoms with Crippen LogP contribution in [0.4, 0.5) is 5.69 Å². The van der Waals surface area contributed by atoms with Gasteiger partial charge in [-0.15, -0.1) is 0 Å². The smallest absolute Gasteiger partial charge is 1.00 e. The van der Waals surface area contributed by atoms with Gasteiger partial charge in [-0.3, -0.25) is 0 Å². The van der Waals surface area contributed by atoms with Gasteiger partial charge in [0.15, 0.2) is 0 Å². The fourth-order valence-corrected chi connectivity index (χ4v) is 1.99. The van der Waals surface area contributed by atoms with E-state index in [4.69, 9.17) is 0 Å². The zero-order chi connectivity index (χ0) is 8.32. The van der Waals surface area contributed by atoms with Gasteiger partial charge in [0.1, 0.15) is 8.24 Å². The van der Waals surface area contributed by atoms with E-state index in [2.05, 4.69) is 48.9 Å². The van der Waals surface area contributed by atoms with Gasteiger partial charge in [-0.05, 0) is 12.1 Å². The molecule has 0 aliphatic heterocycles. The molecular weight excluding hydrogens is 157 g/mol. The van der Waals surface area contributed by atoms with Crippen LogP contribution in [0.5, 0.6) is 0 Å². The molecule has 0 saturated heterocycles. The molecule has 12 heavy (non-hydrogen) atoms. The summed E-state index contributed by atoms with van der Waals surface area (Å²) in [6.45, 7) is 6.88. The van der Waals surface area contributed by atoms with Crippen LogP contribution in [-0.2, 0) is 0 Å². The molecule has 0 aromatic heterocycles. The number of hydrogen-bond acceptors (Lipinski definition) is 1. The summed E-state index contributed by atoms with van der Waals surface area (Å²) in [4.78, 5) is 3.52. The molecule has 0 spiro atoms. The molecule has 3 heteroatoms. The van der Waals surface area contributed by atoms with Crippen LogP contribution in [-0.4, -0.2) is 8.24 Å². The fraction of sp³-hybridized carbons (Fsp3) is 0.333. The van der Waals surface area contributed by atoms with Gasteiger partial charge in [0, 0.05) is 5.69 Å². The summed E-state index contributed by atoms with van der Waals surface area (Å²) in [5.74, 6) is 0. The first-order chi connectivity index (χ1) is 5.08. The molecule has 0 amide bonds. The van der Waals surface area contributed by atoms with Crippen LogP contribution in [0.1, 0.15) is 1.43 Å². The molecule has 0 bridgehead atoms.